The fourth-order valence-corrected chi connectivity index (χ4v) is 3.08. The molecule has 1 unspecified atom stereocenters. The van der Waals surface area contributed by atoms with Gasteiger partial charge in [-0.25, -0.2) is 0 Å². The first-order valence-corrected chi connectivity index (χ1v) is 8.36. The summed E-state index contributed by atoms with van der Waals surface area (Å²) in [6.45, 7) is 6.74. The van der Waals surface area contributed by atoms with Gasteiger partial charge in [0.1, 0.15) is 11.2 Å². The Labute approximate surface area is 141 Å². The maximum Gasteiger partial charge on any atom is 0.147 e. The Morgan fingerprint density at radius 1 is 0.958 bits per heavy atom. The fourth-order valence-electron chi connectivity index (χ4n) is 3.08. The van der Waals surface area contributed by atoms with Crippen molar-refractivity contribution in [1.29, 1.82) is 0 Å². The monoisotopic (exact) mass is 316 g/mol. The molecule has 3 heterocycles. The second kappa shape index (κ2) is 5.75. The third-order valence-corrected chi connectivity index (χ3v) is 4.87. The van der Waals surface area contributed by atoms with Crippen molar-refractivity contribution in [2.45, 2.75) is 26.7 Å². The quantitative estimate of drug-likeness (QED) is 0.479. The molecule has 0 amide bonds. The molecule has 1 atom stereocenters. The maximum absolute atomic E-state index is 6.11. The van der Waals surface area contributed by atoms with Crippen LogP contribution in [0.25, 0.3) is 33.2 Å². The van der Waals surface area contributed by atoms with E-state index in [9.17, 15) is 0 Å². The van der Waals surface area contributed by atoms with Crippen molar-refractivity contribution in [2.24, 2.45) is 5.92 Å². The lowest BCUT2D eigenvalue weighted by Gasteiger charge is -2.16. The summed E-state index contributed by atoms with van der Waals surface area (Å²) >= 11 is 0. The van der Waals surface area contributed by atoms with Crippen LogP contribution in [0.2, 0.25) is 0 Å². The maximum atomic E-state index is 6.11. The van der Waals surface area contributed by atoms with Crippen LogP contribution in [0.4, 0.5) is 0 Å². The number of hydrogen-bond acceptors (Lipinski definition) is 3. The van der Waals surface area contributed by atoms with Crippen LogP contribution in [-0.2, 0) is 0 Å². The lowest BCUT2D eigenvalue weighted by molar-refractivity contribution is 0.535. The molecular formula is C21H20N2O. The van der Waals surface area contributed by atoms with Crippen molar-refractivity contribution in [3.8, 4) is 11.3 Å². The first-order chi connectivity index (χ1) is 11.6. The van der Waals surface area contributed by atoms with Gasteiger partial charge in [0.15, 0.2) is 0 Å². The lowest BCUT2D eigenvalue weighted by atomic mass is 9.90. The van der Waals surface area contributed by atoms with Gasteiger partial charge in [0, 0.05) is 29.4 Å². The Bertz CT molecular complexity index is 1020. The molecule has 3 aromatic heterocycles. The topological polar surface area (TPSA) is 38.9 Å². The highest BCUT2D eigenvalue weighted by molar-refractivity contribution is 6.08. The van der Waals surface area contributed by atoms with E-state index in [0.717, 1.165) is 33.2 Å². The van der Waals surface area contributed by atoms with Crippen LogP contribution in [0.1, 0.15) is 32.3 Å². The Kier molecular flexibility index (Phi) is 3.57. The van der Waals surface area contributed by atoms with E-state index in [1.165, 1.54) is 5.56 Å². The van der Waals surface area contributed by atoms with E-state index < -0.39 is 0 Å². The van der Waals surface area contributed by atoms with Gasteiger partial charge in [0.25, 0.3) is 0 Å². The number of hydrogen-bond donors (Lipinski definition) is 0. The van der Waals surface area contributed by atoms with Gasteiger partial charge < -0.3 is 4.42 Å². The molecule has 0 aliphatic rings. The molecule has 3 heteroatoms. The van der Waals surface area contributed by atoms with Crippen molar-refractivity contribution in [1.82, 2.24) is 9.97 Å². The summed E-state index contributed by atoms with van der Waals surface area (Å²) in [6.07, 6.45) is 5.59. The molecule has 1 aromatic carbocycles. The van der Waals surface area contributed by atoms with Gasteiger partial charge in [-0.15, -0.1) is 0 Å². The van der Waals surface area contributed by atoms with Gasteiger partial charge in [0.2, 0.25) is 0 Å². The predicted octanol–water partition coefficient (Wildman–Crippen LogP) is 5.80. The summed E-state index contributed by atoms with van der Waals surface area (Å²) < 4.78 is 6.11. The zero-order valence-corrected chi connectivity index (χ0v) is 14.2. The van der Waals surface area contributed by atoms with Crippen LogP contribution < -0.4 is 0 Å². The summed E-state index contributed by atoms with van der Waals surface area (Å²) in [5.74, 6) is 1.06. The molecule has 120 valence electrons. The number of pyridine rings is 2. The molecule has 0 aliphatic heterocycles. The number of aromatic nitrogens is 2. The molecule has 4 aromatic rings. The minimum absolute atomic E-state index is 0.481. The van der Waals surface area contributed by atoms with Gasteiger partial charge in [-0.1, -0.05) is 39.0 Å². The minimum Gasteiger partial charge on any atom is -0.455 e. The smallest absolute Gasteiger partial charge is 0.147 e. The number of fused-ring (bicyclic) bond motifs is 3. The van der Waals surface area contributed by atoms with Crippen molar-refractivity contribution >= 4 is 21.9 Å². The van der Waals surface area contributed by atoms with Crippen LogP contribution in [0.3, 0.4) is 0 Å². The number of para-hydroxylation sites is 1. The molecular weight excluding hydrogens is 296 g/mol. The molecule has 0 saturated heterocycles. The van der Waals surface area contributed by atoms with Crippen molar-refractivity contribution < 1.29 is 4.42 Å². The summed E-state index contributed by atoms with van der Waals surface area (Å²) in [7, 11) is 0. The zero-order valence-electron chi connectivity index (χ0n) is 14.2. The van der Waals surface area contributed by atoms with Gasteiger partial charge in [-0.05, 0) is 35.6 Å². The number of furan rings is 1. The predicted molar refractivity (Wildman–Crippen MR) is 98.0 cm³/mol. The van der Waals surface area contributed by atoms with E-state index in [1.807, 2.05) is 36.8 Å². The number of nitrogens with zero attached hydrogens (tertiary/aromatic N) is 2. The van der Waals surface area contributed by atoms with Gasteiger partial charge in [0.05, 0.1) is 11.3 Å². The highest BCUT2D eigenvalue weighted by Gasteiger charge is 2.15. The minimum atomic E-state index is 0.481. The molecule has 0 aliphatic carbocycles. The highest BCUT2D eigenvalue weighted by atomic mass is 16.3. The number of rotatable bonds is 3. The van der Waals surface area contributed by atoms with Crippen LogP contribution in [0.5, 0.6) is 0 Å². The molecule has 0 fully saturated rings. The number of benzene rings is 1. The van der Waals surface area contributed by atoms with Gasteiger partial charge >= 0.3 is 0 Å². The fraction of sp³-hybridized carbons (Fsp3) is 0.238. The second-order valence-corrected chi connectivity index (χ2v) is 6.67. The zero-order chi connectivity index (χ0) is 16.7. The lowest BCUT2D eigenvalue weighted by Crippen LogP contribution is -2.02. The Hall–Kier alpha value is -2.68. The van der Waals surface area contributed by atoms with E-state index in [4.69, 9.17) is 4.42 Å². The Balaban J connectivity index is 1.92. The summed E-state index contributed by atoms with van der Waals surface area (Å²) in [5.41, 5.74) is 4.89. The SMILES string of the molecule is CC(C)C(C)c1ccnc(-c2cncc3c2oc2ccccc23)c1. The second-order valence-electron chi connectivity index (χ2n) is 6.67. The summed E-state index contributed by atoms with van der Waals surface area (Å²) in [5, 5.41) is 2.13. The molecule has 4 rings (SSSR count). The average molecular weight is 316 g/mol. The first kappa shape index (κ1) is 14.9. The molecule has 24 heavy (non-hydrogen) atoms. The molecule has 0 saturated carbocycles. The largest absolute Gasteiger partial charge is 0.455 e. The summed E-state index contributed by atoms with van der Waals surface area (Å²) in [4.78, 5) is 8.99. The van der Waals surface area contributed by atoms with Crippen LogP contribution in [0.15, 0.2) is 59.4 Å². The van der Waals surface area contributed by atoms with Crippen molar-refractivity contribution in [2.75, 3.05) is 0 Å². The molecule has 0 spiro atoms. The van der Waals surface area contributed by atoms with E-state index in [-0.39, 0.29) is 0 Å². The van der Waals surface area contributed by atoms with E-state index in [2.05, 4.69) is 48.9 Å². The molecule has 3 nitrogen and oxygen atoms in total. The van der Waals surface area contributed by atoms with E-state index in [1.54, 1.807) is 0 Å². The van der Waals surface area contributed by atoms with Gasteiger partial charge in [-0.3, -0.25) is 9.97 Å². The van der Waals surface area contributed by atoms with Crippen LogP contribution in [0, 0.1) is 5.92 Å². The standard InChI is InChI=1S/C21H20N2O/c1-13(2)14(3)15-8-9-23-19(10-15)18-12-22-11-17-16-6-4-5-7-20(16)24-21(17)18/h4-14H,1-3H3. The van der Waals surface area contributed by atoms with Crippen LogP contribution >= 0.6 is 0 Å². The van der Waals surface area contributed by atoms with Gasteiger partial charge in [-0.2, -0.15) is 0 Å². The Morgan fingerprint density at radius 2 is 1.79 bits per heavy atom. The molecule has 0 radical (unpaired) electrons. The highest BCUT2D eigenvalue weighted by Crippen LogP contribution is 2.35. The average Bonchev–Trinajstić information content (AvgIpc) is 3.00. The Morgan fingerprint density at radius 3 is 2.62 bits per heavy atom. The first-order valence-electron chi connectivity index (χ1n) is 8.36. The summed E-state index contributed by atoms with van der Waals surface area (Å²) in [6, 6.07) is 12.3. The molecule has 0 bridgehead atoms. The third kappa shape index (κ3) is 2.37. The van der Waals surface area contributed by atoms with E-state index in [0.29, 0.717) is 11.8 Å². The third-order valence-electron chi connectivity index (χ3n) is 4.87. The van der Waals surface area contributed by atoms with Crippen molar-refractivity contribution in [3.63, 3.8) is 0 Å². The van der Waals surface area contributed by atoms with Crippen LogP contribution in [-0.4, -0.2) is 9.97 Å². The van der Waals surface area contributed by atoms with Crippen molar-refractivity contribution in [3.05, 3.63) is 60.6 Å². The molecule has 0 N–H and O–H groups in total. The van der Waals surface area contributed by atoms with E-state index >= 15 is 0 Å². The normalized spacial score (nSPS) is 13.0.